The summed E-state index contributed by atoms with van der Waals surface area (Å²) < 4.78 is 1.74. The molecule has 4 nitrogen and oxygen atoms in total. The van der Waals surface area contributed by atoms with E-state index in [0.717, 1.165) is 54.1 Å². The van der Waals surface area contributed by atoms with Crippen molar-refractivity contribution in [1.82, 2.24) is 14.6 Å². The Morgan fingerprint density at radius 3 is 2.89 bits per heavy atom. The van der Waals surface area contributed by atoms with E-state index in [9.17, 15) is 0 Å². The molecule has 0 atom stereocenters. The van der Waals surface area contributed by atoms with Crippen molar-refractivity contribution in [3.05, 3.63) is 35.7 Å². The molecule has 2 N–H and O–H groups in total. The summed E-state index contributed by atoms with van der Waals surface area (Å²) in [7, 11) is 0. The van der Waals surface area contributed by atoms with E-state index in [-0.39, 0.29) is 0 Å². The Hall–Kier alpha value is -1.84. The second-order valence-corrected chi connectivity index (χ2v) is 4.65. The number of allylic oxidation sites excluding steroid dienone is 1. The number of hydrogen-bond acceptors (Lipinski definition) is 3. The molecule has 0 amide bonds. The van der Waals surface area contributed by atoms with E-state index in [4.69, 9.17) is 5.73 Å². The van der Waals surface area contributed by atoms with Crippen molar-refractivity contribution in [1.29, 1.82) is 0 Å². The number of nitrogens with two attached hydrogens (primary N) is 1. The van der Waals surface area contributed by atoms with E-state index in [1.54, 1.807) is 4.52 Å². The standard InChI is InChI=1S/C14H20N4/c1-4-5-6-7-8-12-11(3)16-13-9-10(2)17-18(13)14(12)15/h4,9H,1,5-8,15H2,2-3H3. The van der Waals surface area contributed by atoms with E-state index >= 15 is 0 Å². The smallest absolute Gasteiger partial charge is 0.157 e. The molecule has 0 radical (unpaired) electrons. The fourth-order valence-corrected chi connectivity index (χ4v) is 2.19. The van der Waals surface area contributed by atoms with Crippen LogP contribution < -0.4 is 5.73 Å². The minimum Gasteiger partial charge on any atom is -0.383 e. The number of rotatable bonds is 5. The molecule has 0 unspecified atom stereocenters. The lowest BCUT2D eigenvalue weighted by Crippen LogP contribution is -2.08. The van der Waals surface area contributed by atoms with Crippen LogP contribution >= 0.6 is 0 Å². The highest BCUT2D eigenvalue weighted by Gasteiger charge is 2.11. The Morgan fingerprint density at radius 2 is 2.17 bits per heavy atom. The molecule has 2 aromatic heterocycles. The second-order valence-electron chi connectivity index (χ2n) is 4.65. The molecule has 2 heterocycles. The molecule has 2 rings (SSSR count). The van der Waals surface area contributed by atoms with Crippen molar-refractivity contribution in [3.63, 3.8) is 0 Å². The molecular formula is C14H20N4. The van der Waals surface area contributed by atoms with Gasteiger partial charge in [0, 0.05) is 17.3 Å². The maximum Gasteiger partial charge on any atom is 0.157 e. The average molecular weight is 244 g/mol. The summed E-state index contributed by atoms with van der Waals surface area (Å²) in [6.07, 6.45) is 6.19. The van der Waals surface area contributed by atoms with Crippen molar-refractivity contribution in [2.24, 2.45) is 0 Å². The summed E-state index contributed by atoms with van der Waals surface area (Å²) in [6, 6.07) is 1.95. The first kappa shape index (κ1) is 12.6. The van der Waals surface area contributed by atoms with Gasteiger partial charge in [-0.2, -0.15) is 9.61 Å². The summed E-state index contributed by atoms with van der Waals surface area (Å²) in [5.74, 6) is 0.726. The third-order valence-corrected chi connectivity index (χ3v) is 3.15. The van der Waals surface area contributed by atoms with Gasteiger partial charge in [0.25, 0.3) is 0 Å². The quantitative estimate of drug-likeness (QED) is 0.650. The van der Waals surface area contributed by atoms with Gasteiger partial charge in [-0.3, -0.25) is 0 Å². The van der Waals surface area contributed by atoms with E-state index in [1.165, 1.54) is 0 Å². The zero-order valence-electron chi connectivity index (χ0n) is 11.1. The van der Waals surface area contributed by atoms with E-state index in [0.29, 0.717) is 0 Å². The molecule has 0 bridgehead atoms. The van der Waals surface area contributed by atoms with Gasteiger partial charge in [-0.15, -0.1) is 6.58 Å². The SMILES string of the molecule is C=CCCCCc1c(C)nc2cc(C)nn2c1N. The number of aromatic nitrogens is 3. The Labute approximate surface area is 108 Å². The molecule has 2 aromatic rings. The molecule has 0 aliphatic carbocycles. The van der Waals surface area contributed by atoms with Crippen LogP contribution in [-0.2, 0) is 6.42 Å². The zero-order valence-corrected chi connectivity index (χ0v) is 11.1. The molecule has 18 heavy (non-hydrogen) atoms. The van der Waals surface area contributed by atoms with Gasteiger partial charge < -0.3 is 5.73 Å². The van der Waals surface area contributed by atoms with Crippen molar-refractivity contribution >= 4 is 11.5 Å². The molecule has 0 aromatic carbocycles. The first-order chi connectivity index (χ1) is 8.63. The first-order valence-corrected chi connectivity index (χ1v) is 6.35. The van der Waals surface area contributed by atoms with Gasteiger partial charge in [0.15, 0.2) is 5.65 Å². The predicted molar refractivity (Wildman–Crippen MR) is 74.6 cm³/mol. The molecule has 0 saturated heterocycles. The van der Waals surface area contributed by atoms with Crippen LogP contribution in [0.4, 0.5) is 5.82 Å². The monoisotopic (exact) mass is 244 g/mol. The number of aryl methyl sites for hydroxylation is 2. The second kappa shape index (κ2) is 5.21. The molecule has 0 saturated carbocycles. The van der Waals surface area contributed by atoms with Crippen LogP contribution in [0.3, 0.4) is 0 Å². The Bertz CT molecular complexity index is 569. The third kappa shape index (κ3) is 2.37. The van der Waals surface area contributed by atoms with Gasteiger partial charge in [-0.1, -0.05) is 6.08 Å². The summed E-state index contributed by atoms with van der Waals surface area (Å²) in [5.41, 5.74) is 10.1. The van der Waals surface area contributed by atoms with Crippen LogP contribution in [0.25, 0.3) is 5.65 Å². The lowest BCUT2D eigenvalue weighted by Gasteiger charge is -2.10. The first-order valence-electron chi connectivity index (χ1n) is 6.35. The van der Waals surface area contributed by atoms with Crippen LogP contribution in [-0.4, -0.2) is 14.6 Å². The summed E-state index contributed by atoms with van der Waals surface area (Å²) in [5, 5.41) is 4.37. The number of fused-ring (bicyclic) bond motifs is 1. The van der Waals surface area contributed by atoms with Gasteiger partial charge >= 0.3 is 0 Å². The number of anilines is 1. The highest BCUT2D eigenvalue weighted by Crippen LogP contribution is 2.20. The van der Waals surface area contributed by atoms with Gasteiger partial charge in [0.05, 0.1) is 5.69 Å². The highest BCUT2D eigenvalue weighted by atomic mass is 15.3. The summed E-state index contributed by atoms with van der Waals surface area (Å²) in [6.45, 7) is 7.70. The molecule has 96 valence electrons. The molecule has 4 heteroatoms. The Morgan fingerprint density at radius 1 is 1.39 bits per heavy atom. The molecular weight excluding hydrogens is 224 g/mol. The van der Waals surface area contributed by atoms with Gasteiger partial charge in [0.2, 0.25) is 0 Å². The van der Waals surface area contributed by atoms with E-state index in [2.05, 4.69) is 16.7 Å². The van der Waals surface area contributed by atoms with Crippen LogP contribution in [0.5, 0.6) is 0 Å². The van der Waals surface area contributed by atoms with E-state index < -0.39 is 0 Å². The highest BCUT2D eigenvalue weighted by molar-refractivity contribution is 5.53. The van der Waals surface area contributed by atoms with E-state index in [1.807, 2.05) is 26.0 Å². The van der Waals surface area contributed by atoms with Gasteiger partial charge in [-0.05, 0) is 39.5 Å². The van der Waals surface area contributed by atoms with Crippen molar-refractivity contribution in [3.8, 4) is 0 Å². The Balaban J connectivity index is 2.28. The van der Waals surface area contributed by atoms with Crippen LogP contribution in [0.1, 0.15) is 36.2 Å². The van der Waals surface area contributed by atoms with Crippen LogP contribution in [0, 0.1) is 13.8 Å². The van der Waals surface area contributed by atoms with Crippen LogP contribution in [0.2, 0.25) is 0 Å². The fraction of sp³-hybridized carbons (Fsp3) is 0.429. The van der Waals surface area contributed by atoms with Crippen molar-refractivity contribution < 1.29 is 0 Å². The largest absolute Gasteiger partial charge is 0.383 e. The lowest BCUT2D eigenvalue weighted by molar-refractivity contribution is 0.737. The number of hydrogen-bond donors (Lipinski definition) is 1. The molecule has 0 aliphatic rings. The number of unbranched alkanes of at least 4 members (excludes halogenated alkanes) is 2. The molecule has 0 spiro atoms. The predicted octanol–water partition coefficient (Wildman–Crippen LogP) is 2.83. The topological polar surface area (TPSA) is 56.2 Å². The summed E-state index contributed by atoms with van der Waals surface area (Å²) in [4.78, 5) is 4.56. The number of nitrogens with zero attached hydrogens (tertiary/aromatic N) is 3. The van der Waals surface area contributed by atoms with Crippen molar-refractivity contribution in [2.45, 2.75) is 39.5 Å². The fourth-order valence-electron chi connectivity index (χ4n) is 2.19. The molecule has 0 fully saturated rings. The minimum atomic E-state index is 0.726. The third-order valence-electron chi connectivity index (χ3n) is 3.15. The normalized spacial score (nSPS) is 11.0. The minimum absolute atomic E-state index is 0.726. The van der Waals surface area contributed by atoms with Gasteiger partial charge in [-0.25, -0.2) is 4.98 Å². The number of nitrogen functional groups attached to an aromatic ring is 1. The molecule has 0 aliphatic heterocycles. The average Bonchev–Trinajstić information content (AvgIpc) is 2.69. The maximum atomic E-state index is 6.19. The zero-order chi connectivity index (χ0) is 13.1. The lowest BCUT2D eigenvalue weighted by atomic mass is 10.1. The maximum absolute atomic E-state index is 6.19. The van der Waals surface area contributed by atoms with Crippen LogP contribution in [0.15, 0.2) is 18.7 Å². The Kier molecular flexibility index (Phi) is 3.65. The van der Waals surface area contributed by atoms with Crippen molar-refractivity contribution in [2.75, 3.05) is 5.73 Å². The van der Waals surface area contributed by atoms with Gasteiger partial charge in [0.1, 0.15) is 5.82 Å². The summed E-state index contributed by atoms with van der Waals surface area (Å²) >= 11 is 0.